The van der Waals surface area contributed by atoms with E-state index in [9.17, 15) is 18.0 Å². The van der Waals surface area contributed by atoms with Crippen molar-refractivity contribution < 1.29 is 22.7 Å². The van der Waals surface area contributed by atoms with E-state index in [0.29, 0.717) is 30.1 Å². The average molecular weight is 416 g/mol. The number of sulfonamides is 1. The molecule has 1 N–H and O–H groups in total. The number of piperidine rings is 1. The number of Topliss-reactive ketones (excluding diaryl/α,β-unsaturated/α-hetero) is 1. The zero-order valence-corrected chi connectivity index (χ0v) is 17.1. The molecule has 1 aliphatic rings. The molecule has 0 bridgehead atoms. The van der Waals surface area contributed by atoms with Crippen LogP contribution in [0.5, 0.6) is 5.75 Å². The van der Waals surface area contributed by atoms with E-state index in [1.165, 1.54) is 23.4 Å². The van der Waals surface area contributed by atoms with Crippen molar-refractivity contribution in [3.8, 4) is 5.75 Å². The highest BCUT2D eigenvalue weighted by Gasteiger charge is 2.26. The second kappa shape index (κ2) is 9.19. The van der Waals surface area contributed by atoms with E-state index in [2.05, 4.69) is 5.32 Å². The quantitative estimate of drug-likeness (QED) is 0.700. The lowest BCUT2D eigenvalue weighted by Crippen LogP contribution is -2.35. The van der Waals surface area contributed by atoms with Gasteiger partial charge in [0.05, 0.1) is 4.90 Å². The lowest BCUT2D eigenvalue weighted by atomic mass is 10.1. The zero-order valence-electron chi connectivity index (χ0n) is 16.3. The van der Waals surface area contributed by atoms with Crippen LogP contribution in [0.2, 0.25) is 0 Å². The van der Waals surface area contributed by atoms with Gasteiger partial charge in [0.1, 0.15) is 5.75 Å². The van der Waals surface area contributed by atoms with Gasteiger partial charge in [-0.2, -0.15) is 4.31 Å². The summed E-state index contributed by atoms with van der Waals surface area (Å²) < 4.78 is 32.5. The van der Waals surface area contributed by atoms with Gasteiger partial charge in [-0.1, -0.05) is 24.6 Å². The smallest absolute Gasteiger partial charge is 0.262 e. The summed E-state index contributed by atoms with van der Waals surface area (Å²) in [7, 11) is -3.57. The third-order valence-electron chi connectivity index (χ3n) is 4.68. The molecule has 0 saturated carbocycles. The number of ether oxygens (including phenoxy) is 1. The Bertz CT molecular complexity index is 998. The van der Waals surface area contributed by atoms with Gasteiger partial charge in [-0.25, -0.2) is 8.42 Å². The van der Waals surface area contributed by atoms with Gasteiger partial charge in [-0.3, -0.25) is 9.59 Å². The largest absolute Gasteiger partial charge is 0.484 e. The molecule has 2 aromatic carbocycles. The van der Waals surface area contributed by atoms with Crippen molar-refractivity contribution in [2.75, 3.05) is 25.0 Å². The van der Waals surface area contributed by atoms with Crippen LogP contribution in [0.25, 0.3) is 0 Å². The number of benzene rings is 2. The number of hydrogen-bond donors (Lipinski definition) is 1. The predicted molar refractivity (Wildman–Crippen MR) is 110 cm³/mol. The first-order valence-electron chi connectivity index (χ1n) is 9.50. The lowest BCUT2D eigenvalue weighted by Gasteiger charge is -2.26. The molecule has 8 heteroatoms. The van der Waals surface area contributed by atoms with Crippen LogP contribution in [0.4, 0.5) is 5.69 Å². The molecule has 1 saturated heterocycles. The first kappa shape index (κ1) is 21.0. The number of rotatable bonds is 7. The van der Waals surface area contributed by atoms with Gasteiger partial charge in [0.25, 0.3) is 5.91 Å². The van der Waals surface area contributed by atoms with E-state index in [0.717, 1.165) is 19.3 Å². The highest BCUT2D eigenvalue weighted by molar-refractivity contribution is 7.89. The molecule has 0 radical (unpaired) electrons. The third kappa shape index (κ3) is 5.42. The highest BCUT2D eigenvalue weighted by Crippen LogP contribution is 2.23. The molecular formula is C21H24N2O5S. The van der Waals surface area contributed by atoms with Gasteiger partial charge >= 0.3 is 0 Å². The number of carbonyl (C=O) groups is 2. The molecule has 1 amide bonds. The Labute approximate surface area is 170 Å². The van der Waals surface area contributed by atoms with Crippen molar-refractivity contribution >= 4 is 27.4 Å². The molecule has 1 heterocycles. The van der Waals surface area contributed by atoms with Crippen molar-refractivity contribution in [2.45, 2.75) is 31.1 Å². The summed E-state index contributed by atoms with van der Waals surface area (Å²) in [4.78, 5) is 23.8. The second-order valence-electron chi connectivity index (χ2n) is 6.91. The summed E-state index contributed by atoms with van der Waals surface area (Å²) >= 11 is 0. The Balaban J connectivity index is 1.63. The number of anilines is 1. The van der Waals surface area contributed by atoms with Gasteiger partial charge in [-0.15, -0.1) is 0 Å². The van der Waals surface area contributed by atoms with E-state index in [4.69, 9.17) is 4.74 Å². The molecule has 29 heavy (non-hydrogen) atoms. The molecule has 3 rings (SSSR count). The number of carbonyl (C=O) groups excluding carboxylic acids is 2. The third-order valence-corrected chi connectivity index (χ3v) is 6.58. The minimum absolute atomic E-state index is 0.0911. The van der Waals surface area contributed by atoms with E-state index in [-0.39, 0.29) is 17.3 Å². The molecule has 0 aromatic heterocycles. The highest BCUT2D eigenvalue weighted by atomic mass is 32.2. The zero-order chi connectivity index (χ0) is 20.9. The SMILES string of the molecule is CC(=O)c1cccc(OCC(=O)Nc2cccc(S(=O)(=O)N3CCCCC3)c2)c1. The minimum atomic E-state index is -3.57. The van der Waals surface area contributed by atoms with E-state index in [1.807, 2.05) is 0 Å². The van der Waals surface area contributed by atoms with Gasteiger partial charge in [0, 0.05) is 24.3 Å². The van der Waals surface area contributed by atoms with Crippen molar-refractivity contribution in [3.05, 3.63) is 54.1 Å². The fraction of sp³-hybridized carbons (Fsp3) is 0.333. The summed E-state index contributed by atoms with van der Waals surface area (Å²) in [6.07, 6.45) is 2.76. The summed E-state index contributed by atoms with van der Waals surface area (Å²) in [6.45, 7) is 2.24. The number of nitrogens with one attached hydrogen (secondary N) is 1. The van der Waals surface area contributed by atoms with Gasteiger partial charge in [0.2, 0.25) is 10.0 Å². The van der Waals surface area contributed by atoms with Crippen LogP contribution in [-0.4, -0.2) is 44.1 Å². The summed E-state index contributed by atoms with van der Waals surface area (Å²) in [5, 5.41) is 2.65. The topological polar surface area (TPSA) is 92.8 Å². The van der Waals surface area contributed by atoms with E-state index >= 15 is 0 Å². The fourth-order valence-electron chi connectivity index (χ4n) is 3.14. The van der Waals surface area contributed by atoms with Crippen LogP contribution < -0.4 is 10.1 Å². The van der Waals surface area contributed by atoms with Crippen molar-refractivity contribution in [2.24, 2.45) is 0 Å². The monoisotopic (exact) mass is 416 g/mol. The van der Waals surface area contributed by atoms with Crippen molar-refractivity contribution in [1.29, 1.82) is 0 Å². The van der Waals surface area contributed by atoms with Gasteiger partial charge in [0.15, 0.2) is 12.4 Å². The Morgan fingerprint density at radius 1 is 1.03 bits per heavy atom. The lowest BCUT2D eigenvalue weighted by molar-refractivity contribution is -0.118. The maximum atomic E-state index is 12.8. The average Bonchev–Trinajstić information content (AvgIpc) is 2.73. The molecule has 7 nitrogen and oxygen atoms in total. The Hall–Kier alpha value is -2.71. The Kier molecular flexibility index (Phi) is 6.66. The number of amides is 1. The molecule has 0 atom stereocenters. The normalized spacial score (nSPS) is 14.9. The summed E-state index contributed by atoms with van der Waals surface area (Å²) in [5.41, 5.74) is 0.882. The maximum absolute atomic E-state index is 12.8. The molecule has 0 unspecified atom stereocenters. The first-order valence-corrected chi connectivity index (χ1v) is 10.9. The molecule has 154 valence electrons. The summed E-state index contributed by atoms with van der Waals surface area (Å²) in [5.74, 6) is -0.105. The van der Waals surface area contributed by atoms with Crippen LogP contribution in [-0.2, 0) is 14.8 Å². The maximum Gasteiger partial charge on any atom is 0.262 e. The Morgan fingerprint density at radius 3 is 2.48 bits per heavy atom. The van der Waals surface area contributed by atoms with E-state index < -0.39 is 15.9 Å². The van der Waals surface area contributed by atoms with Gasteiger partial charge in [-0.05, 0) is 50.1 Å². The standard InChI is InChI=1S/C21H24N2O5S/c1-16(24)17-7-5-9-19(13-17)28-15-21(25)22-18-8-6-10-20(14-18)29(26,27)23-11-3-2-4-12-23/h5-10,13-14H,2-4,11-12,15H2,1H3,(H,22,25). The van der Waals surface area contributed by atoms with Crippen LogP contribution in [0, 0.1) is 0 Å². The molecule has 0 aliphatic carbocycles. The van der Waals surface area contributed by atoms with Crippen LogP contribution in [0.3, 0.4) is 0 Å². The Morgan fingerprint density at radius 2 is 1.76 bits per heavy atom. The van der Waals surface area contributed by atoms with Crippen molar-refractivity contribution in [3.63, 3.8) is 0 Å². The number of hydrogen-bond acceptors (Lipinski definition) is 5. The van der Waals surface area contributed by atoms with Crippen LogP contribution in [0.1, 0.15) is 36.5 Å². The minimum Gasteiger partial charge on any atom is -0.484 e. The first-order chi connectivity index (χ1) is 13.9. The van der Waals surface area contributed by atoms with E-state index in [1.54, 1.807) is 36.4 Å². The van der Waals surface area contributed by atoms with Gasteiger partial charge < -0.3 is 10.1 Å². The molecule has 2 aromatic rings. The molecule has 1 aliphatic heterocycles. The molecule has 0 spiro atoms. The predicted octanol–water partition coefficient (Wildman–Crippen LogP) is 3.08. The van der Waals surface area contributed by atoms with Crippen molar-refractivity contribution in [1.82, 2.24) is 4.31 Å². The number of nitrogens with zero attached hydrogens (tertiary/aromatic N) is 1. The summed E-state index contributed by atoms with van der Waals surface area (Å²) in [6, 6.07) is 12.8. The van der Waals surface area contributed by atoms with Crippen LogP contribution in [0.15, 0.2) is 53.4 Å². The number of ketones is 1. The second-order valence-corrected chi connectivity index (χ2v) is 8.85. The van der Waals surface area contributed by atoms with Crippen LogP contribution >= 0.6 is 0 Å². The molecular weight excluding hydrogens is 392 g/mol. The fourth-order valence-corrected chi connectivity index (χ4v) is 4.70. The molecule has 1 fully saturated rings.